The number of hydrogen-bond acceptors (Lipinski definition) is 4. The van der Waals surface area contributed by atoms with Gasteiger partial charge >= 0.3 is 0 Å². The molecule has 0 aliphatic heterocycles. The first-order valence-corrected chi connectivity index (χ1v) is 5.50. The van der Waals surface area contributed by atoms with Crippen molar-refractivity contribution in [1.82, 2.24) is 15.2 Å². The number of rotatable bonds is 2. The first kappa shape index (κ1) is 11.5. The Morgan fingerprint density at radius 2 is 2.24 bits per heavy atom. The lowest BCUT2D eigenvalue weighted by Gasteiger charge is -2.05. The molecule has 0 atom stereocenters. The van der Waals surface area contributed by atoms with Crippen LogP contribution in [0.1, 0.15) is 16.8 Å². The number of nitrogens with one attached hydrogen (secondary N) is 2. The SMILES string of the molecule is Cc1ccc(Cc2n[nH]c(=S)[nH]c2=O)c(N)c1. The van der Waals surface area contributed by atoms with Crippen molar-refractivity contribution in [2.45, 2.75) is 13.3 Å². The van der Waals surface area contributed by atoms with E-state index in [0.29, 0.717) is 17.8 Å². The van der Waals surface area contributed by atoms with Gasteiger partial charge in [-0.3, -0.25) is 14.9 Å². The van der Waals surface area contributed by atoms with Crippen LogP contribution in [-0.4, -0.2) is 15.2 Å². The number of aryl methyl sites for hydroxylation is 1. The third-order valence-corrected chi connectivity index (χ3v) is 2.63. The number of benzene rings is 1. The standard InChI is InChI=1S/C11H12N4OS/c1-6-2-3-7(8(12)4-6)5-9-10(16)13-11(17)15-14-9/h2-4H,5,12H2,1H3,(H2,13,15,16,17). The Morgan fingerprint density at radius 3 is 2.88 bits per heavy atom. The number of H-pyrrole nitrogens is 2. The topological polar surface area (TPSA) is 87.6 Å². The number of nitrogen functional groups attached to an aromatic ring is 1. The van der Waals surface area contributed by atoms with E-state index >= 15 is 0 Å². The van der Waals surface area contributed by atoms with Gasteiger partial charge in [-0.25, -0.2) is 0 Å². The molecule has 0 amide bonds. The minimum Gasteiger partial charge on any atom is -0.398 e. The lowest BCUT2D eigenvalue weighted by molar-refractivity contribution is 0.852. The van der Waals surface area contributed by atoms with Crippen LogP contribution in [0.3, 0.4) is 0 Å². The van der Waals surface area contributed by atoms with E-state index in [0.717, 1.165) is 11.1 Å². The van der Waals surface area contributed by atoms with E-state index < -0.39 is 0 Å². The number of nitrogens with zero attached hydrogens (tertiary/aromatic N) is 1. The molecule has 17 heavy (non-hydrogen) atoms. The molecule has 0 saturated heterocycles. The lowest BCUT2D eigenvalue weighted by atomic mass is 10.1. The van der Waals surface area contributed by atoms with Gasteiger partial charge in [0, 0.05) is 12.1 Å². The fourth-order valence-electron chi connectivity index (χ4n) is 1.55. The quantitative estimate of drug-likeness (QED) is 0.552. The Morgan fingerprint density at radius 1 is 1.47 bits per heavy atom. The molecule has 1 aromatic heterocycles. The smallest absolute Gasteiger partial charge is 0.273 e. The van der Waals surface area contributed by atoms with Gasteiger partial charge in [-0.2, -0.15) is 5.10 Å². The summed E-state index contributed by atoms with van der Waals surface area (Å²) in [7, 11) is 0. The van der Waals surface area contributed by atoms with E-state index in [1.165, 1.54) is 0 Å². The lowest BCUT2D eigenvalue weighted by Crippen LogP contribution is -2.17. The summed E-state index contributed by atoms with van der Waals surface area (Å²) >= 11 is 4.77. The summed E-state index contributed by atoms with van der Waals surface area (Å²) in [5.74, 6) is 0. The van der Waals surface area contributed by atoms with Gasteiger partial charge in [-0.1, -0.05) is 12.1 Å². The fourth-order valence-corrected chi connectivity index (χ4v) is 1.69. The third-order valence-electron chi connectivity index (χ3n) is 2.44. The van der Waals surface area contributed by atoms with Crippen LogP contribution in [0.25, 0.3) is 0 Å². The molecule has 0 aliphatic rings. The highest BCUT2D eigenvalue weighted by Gasteiger charge is 2.06. The van der Waals surface area contributed by atoms with Gasteiger partial charge in [-0.15, -0.1) is 0 Å². The first-order chi connectivity index (χ1) is 8.06. The first-order valence-electron chi connectivity index (χ1n) is 5.09. The van der Waals surface area contributed by atoms with Crippen molar-refractivity contribution < 1.29 is 0 Å². The molecule has 0 saturated carbocycles. The van der Waals surface area contributed by atoms with Crippen LogP contribution in [0.5, 0.6) is 0 Å². The monoisotopic (exact) mass is 248 g/mol. The predicted molar refractivity (Wildman–Crippen MR) is 68.4 cm³/mol. The summed E-state index contributed by atoms with van der Waals surface area (Å²) in [6, 6.07) is 5.72. The van der Waals surface area contributed by atoms with Gasteiger partial charge in [0.15, 0.2) is 4.77 Å². The average molecular weight is 248 g/mol. The van der Waals surface area contributed by atoms with Gasteiger partial charge < -0.3 is 5.73 Å². The second-order valence-electron chi connectivity index (χ2n) is 3.83. The maximum absolute atomic E-state index is 11.6. The molecule has 5 nitrogen and oxygen atoms in total. The summed E-state index contributed by atoms with van der Waals surface area (Å²) < 4.78 is 0.218. The Hall–Kier alpha value is -1.95. The van der Waals surface area contributed by atoms with Gasteiger partial charge in [0.05, 0.1) is 0 Å². The summed E-state index contributed by atoms with van der Waals surface area (Å²) in [6.07, 6.45) is 0.383. The minimum atomic E-state index is -0.284. The molecule has 0 radical (unpaired) electrons. The molecular formula is C11H12N4OS. The zero-order valence-electron chi connectivity index (χ0n) is 9.28. The zero-order chi connectivity index (χ0) is 12.4. The Labute approximate surface area is 103 Å². The average Bonchev–Trinajstić information content (AvgIpc) is 2.25. The Bertz CT molecular complexity index is 659. The summed E-state index contributed by atoms with van der Waals surface area (Å²) in [4.78, 5) is 14.1. The van der Waals surface area contributed by atoms with Crippen LogP contribution in [0, 0.1) is 11.7 Å². The number of hydrogen-bond donors (Lipinski definition) is 3. The minimum absolute atomic E-state index is 0.218. The highest BCUT2D eigenvalue weighted by atomic mass is 32.1. The van der Waals surface area contributed by atoms with Gasteiger partial charge in [0.1, 0.15) is 5.69 Å². The van der Waals surface area contributed by atoms with E-state index in [9.17, 15) is 4.79 Å². The normalized spacial score (nSPS) is 10.4. The molecule has 88 valence electrons. The van der Waals surface area contributed by atoms with Crippen molar-refractivity contribution in [1.29, 1.82) is 0 Å². The highest BCUT2D eigenvalue weighted by Crippen LogP contribution is 2.15. The van der Waals surface area contributed by atoms with Crippen molar-refractivity contribution in [2.75, 3.05) is 5.73 Å². The fraction of sp³-hybridized carbons (Fsp3) is 0.182. The van der Waals surface area contributed by atoms with Crippen molar-refractivity contribution in [2.24, 2.45) is 0 Å². The van der Waals surface area contributed by atoms with Crippen LogP contribution in [0.4, 0.5) is 5.69 Å². The number of aromatic nitrogens is 3. The van der Waals surface area contributed by atoms with E-state index in [2.05, 4.69) is 15.2 Å². The molecule has 1 heterocycles. The highest BCUT2D eigenvalue weighted by molar-refractivity contribution is 7.71. The Kier molecular flexibility index (Phi) is 3.06. The molecule has 0 unspecified atom stereocenters. The van der Waals surface area contributed by atoms with Crippen molar-refractivity contribution in [3.8, 4) is 0 Å². The molecule has 2 rings (SSSR count). The number of nitrogens with two attached hydrogens (primary N) is 1. The van der Waals surface area contributed by atoms with Crippen LogP contribution in [0.15, 0.2) is 23.0 Å². The number of aromatic amines is 2. The molecular weight excluding hydrogens is 236 g/mol. The van der Waals surface area contributed by atoms with Gasteiger partial charge in [-0.05, 0) is 36.3 Å². The maximum atomic E-state index is 11.6. The van der Waals surface area contributed by atoms with E-state index in [-0.39, 0.29) is 10.3 Å². The number of anilines is 1. The Balaban J connectivity index is 2.38. The van der Waals surface area contributed by atoms with Crippen molar-refractivity contribution in [3.05, 3.63) is 50.1 Å². The van der Waals surface area contributed by atoms with Crippen LogP contribution < -0.4 is 11.3 Å². The second-order valence-corrected chi connectivity index (χ2v) is 4.24. The molecule has 0 spiro atoms. The zero-order valence-corrected chi connectivity index (χ0v) is 10.1. The molecule has 0 bridgehead atoms. The molecule has 6 heteroatoms. The molecule has 4 N–H and O–H groups in total. The molecule has 0 fully saturated rings. The largest absolute Gasteiger partial charge is 0.398 e. The van der Waals surface area contributed by atoms with Crippen molar-refractivity contribution in [3.63, 3.8) is 0 Å². The summed E-state index contributed by atoms with van der Waals surface area (Å²) in [5.41, 5.74) is 8.58. The summed E-state index contributed by atoms with van der Waals surface area (Å²) in [5, 5.41) is 6.47. The molecule has 2 aromatic rings. The second kappa shape index (κ2) is 4.50. The third kappa shape index (κ3) is 2.59. The van der Waals surface area contributed by atoms with E-state index in [1.54, 1.807) is 0 Å². The van der Waals surface area contributed by atoms with Gasteiger partial charge in [0.25, 0.3) is 5.56 Å². The van der Waals surface area contributed by atoms with Crippen molar-refractivity contribution >= 4 is 17.9 Å². The van der Waals surface area contributed by atoms with Crippen LogP contribution in [-0.2, 0) is 6.42 Å². The van der Waals surface area contributed by atoms with Gasteiger partial charge in [0.2, 0.25) is 0 Å². The predicted octanol–water partition coefficient (Wildman–Crippen LogP) is 1.31. The molecule has 0 aliphatic carbocycles. The van der Waals surface area contributed by atoms with E-state index in [4.69, 9.17) is 18.0 Å². The van der Waals surface area contributed by atoms with Crippen LogP contribution in [0.2, 0.25) is 0 Å². The van der Waals surface area contributed by atoms with E-state index in [1.807, 2.05) is 25.1 Å². The molecule has 1 aromatic carbocycles. The summed E-state index contributed by atoms with van der Waals surface area (Å²) in [6.45, 7) is 1.96. The van der Waals surface area contributed by atoms with Crippen LogP contribution >= 0.6 is 12.2 Å². The maximum Gasteiger partial charge on any atom is 0.273 e.